The van der Waals surface area contributed by atoms with Crippen molar-refractivity contribution in [1.82, 2.24) is 0 Å². The van der Waals surface area contributed by atoms with E-state index in [1.54, 1.807) is 12.1 Å². The zero-order chi connectivity index (χ0) is 19.8. The highest BCUT2D eigenvalue weighted by Gasteiger charge is 2.14. The molecule has 1 N–H and O–H groups in total. The number of rotatable bonds is 8. The van der Waals surface area contributed by atoms with Crippen LogP contribution in [0.4, 0.5) is 5.69 Å². The van der Waals surface area contributed by atoms with Gasteiger partial charge in [0, 0.05) is 24.2 Å². The molecule has 0 saturated carbocycles. The number of Topliss-reactive ketones (excluding diaryl/α,β-unsaturated/α-hetero) is 1. The van der Waals surface area contributed by atoms with Crippen LogP contribution in [0.15, 0.2) is 42.5 Å². The number of nitrogens with one attached hydrogen (secondary N) is 1. The van der Waals surface area contributed by atoms with Crippen molar-refractivity contribution in [3.05, 3.63) is 64.7 Å². The summed E-state index contributed by atoms with van der Waals surface area (Å²) in [6, 6.07) is 12.1. The lowest BCUT2D eigenvalue weighted by Gasteiger charge is -2.10. The van der Waals surface area contributed by atoms with E-state index in [1.807, 2.05) is 24.3 Å². The topological polar surface area (TPSA) is 81.7 Å². The molecule has 2 aromatic carbocycles. The molecular weight excluding hydrogens is 346 g/mol. The maximum atomic E-state index is 12.3. The second-order valence-corrected chi connectivity index (χ2v) is 5.93. The summed E-state index contributed by atoms with van der Waals surface area (Å²) in [5.74, 6) is -1.10. The van der Waals surface area contributed by atoms with Crippen LogP contribution in [0.3, 0.4) is 0 Å². The molecule has 0 bridgehead atoms. The summed E-state index contributed by atoms with van der Waals surface area (Å²) in [5.41, 5.74) is 2.83. The van der Waals surface area contributed by atoms with Crippen molar-refractivity contribution in [1.29, 1.82) is 0 Å². The summed E-state index contributed by atoms with van der Waals surface area (Å²) in [6.45, 7) is 2.42. The van der Waals surface area contributed by atoms with E-state index < -0.39 is 11.9 Å². The van der Waals surface area contributed by atoms with Gasteiger partial charge in [0.2, 0.25) is 0 Å². The van der Waals surface area contributed by atoms with Gasteiger partial charge in [-0.2, -0.15) is 0 Å². The van der Waals surface area contributed by atoms with E-state index in [1.165, 1.54) is 25.8 Å². The van der Waals surface area contributed by atoms with Gasteiger partial charge in [-0.3, -0.25) is 4.79 Å². The molecule has 2 aromatic rings. The van der Waals surface area contributed by atoms with E-state index in [-0.39, 0.29) is 23.3 Å². The predicted molar refractivity (Wildman–Crippen MR) is 102 cm³/mol. The van der Waals surface area contributed by atoms with Crippen molar-refractivity contribution in [2.75, 3.05) is 26.1 Å². The quantitative estimate of drug-likeness (QED) is 0.566. The number of ether oxygens (including phenoxy) is 2. The van der Waals surface area contributed by atoms with E-state index in [2.05, 4.69) is 12.2 Å². The molecule has 0 spiro atoms. The van der Waals surface area contributed by atoms with Gasteiger partial charge in [-0.05, 0) is 30.2 Å². The first-order chi connectivity index (χ1) is 13.0. The van der Waals surface area contributed by atoms with Crippen LogP contribution in [-0.2, 0) is 15.9 Å². The zero-order valence-electron chi connectivity index (χ0n) is 15.7. The van der Waals surface area contributed by atoms with Crippen molar-refractivity contribution in [2.45, 2.75) is 19.8 Å². The third-order valence-electron chi connectivity index (χ3n) is 4.14. The molecule has 0 aliphatic rings. The number of methoxy groups -OCH3 is 2. The van der Waals surface area contributed by atoms with Gasteiger partial charge in [0.1, 0.15) is 0 Å². The molecule has 0 aliphatic heterocycles. The molecule has 0 fully saturated rings. The van der Waals surface area contributed by atoms with E-state index in [9.17, 15) is 14.4 Å². The molecule has 0 atom stereocenters. The molecule has 0 aliphatic carbocycles. The maximum Gasteiger partial charge on any atom is 0.337 e. The Hall–Kier alpha value is -3.15. The molecule has 0 amide bonds. The fourth-order valence-corrected chi connectivity index (χ4v) is 2.59. The van der Waals surface area contributed by atoms with Crippen LogP contribution in [0, 0.1) is 0 Å². The molecule has 2 rings (SSSR count). The summed E-state index contributed by atoms with van der Waals surface area (Å²) >= 11 is 0. The number of aryl methyl sites for hydroxylation is 1. The fourth-order valence-electron chi connectivity index (χ4n) is 2.59. The average Bonchev–Trinajstić information content (AvgIpc) is 2.72. The monoisotopic (exact) mass is 369 g/mol. The van der Waals surface area contributed by atoms with Gasteiger partial charge in [0.15, 0.2) is 5.78 Å². The first-order valence-electron chi connectivity index (χ1n) is 8.66. The molecule has 0 aromatic heterocycles. The van der Waals surface area contributed by atoms with Gasteiger partial charge in [-0.25, -0.2) is 9.59 Å². The number of carbonyl (C=O) groups excluding carboxylic acids is 3. The van der Waals surface area contributed by atoms with Crippen molar-refractivity contribution < 1.29 is 23.9 Å². The SMILES string of the molecule is CCc1ccc(C(=O)CCNc2cc(C(=O)OC)cc(C(=O)OC)c2)cc1. The van der Waals surface area contributed by atoms with Gasteiger partial charge in [0.25, 0.3) is 0 Å². The molecule has 0 radical (unpaired) electrons. The normalized spacial score (nSPS) is 10.2. The number of hydrogen-bond donors (Lipinski definition) is 1. The number of benzene rings is 2. The Morgan fingerprint density at radius 2 is 1.41 bits per heavy atom. The Balaban J connectivity index is 2.06. The number of ketones is 1. The summed E-state index contributed by atoms with van der Waals surface area (Å²) in [4.78, 5) is 35.9. The van der Waals surface area contributed by atoms with Crippen LogP contribution in [0.5, 0.6) is 0 Å². The van der Waals surface area contributed by atoms with Crippen LogP contribution in [0.1, 0.15) is 50.0 Å². The first kappa shape index (κ1) is 20.2. The lowest BCUT2D eigenvalue weighted by Crippen LogP contribution is -2.12. The van der Waals surface area contributed by atoms with Crippen LogP contribution in [-0.4, -0.2) is 38.5 Å². The lowest BCUT2D eigenvalue weighted by molar-refractivity contribution is 0.0599. The fraction of sp³-hybridized carbons (Fsp3) is 0.286. The molecule has 27 heavy (non-hydrogen) atoms. The van der Waals surface area contributed by atoms with Crippen molar-refractivity contribution in [3.8, 4) is 0 Å². The van der Waals surface area contributed by atoms with Gasteiger partial charge in [-0.1, -0.05) is 31.2 Å². The minimum Gasteiger partial charge on any atom is -0.465 e. The Kier molecular flexibility index (Phi) is 7.11. The number of anilines is 1. The van der Waals surface area contributed by atoms with Crippen LogP contribution in [0.2, 0.25) is 0 Å². The smallest absolute Gasteiger partial charge is 0.337 e. The standard InChI is InChI=1S/C21H23NO5/c1-4-14-5-7-15(8-6-14)19(23)9-10-22-18-12-16(20(24)26-2)11-17(13-18)21(25)27-3/h5-8,11-13,22H,4,9-10H2,1-3H3. The summed E-state index contributed by atoms with van der Waals surface area (Å²) in [5, 5.41) is 3.07. The number of carbonyl (C=O) groups is 3. The van der Waals surface area contributed by atoms with Crippen molar-refractivity contribution in [2.24, 2.45) is 0 Å². The molecule has 6 nitrogen and oxygen atoms in total. The third-order valence-corrected chi connectivity index (χ3v) is 4.14. The number of hydrogen-bond acceptors (Lipinski definition) is 6. The van der Waals surface area contributed by atoms with Gasteiger partial charge in [-0.15, -0.1) is 0 Å². The van der Waals surface area contributed by atoms with Crippen molar-refractivity contribution in [3.63, 3.8) is 0 Å². The van der Waals surface area contributed by atoms with Crippen molar-refractivity contribution >= 4 is 23.4 Å². The maximum absolute atomic E-state index is 12.3. The highest BCUT2D eigenvalue weighted by molar-refractivity contribution is 5.97. The molecule has 6 heteroatoms. The Labute approximate surface area is 158 Å². The highest BCUT2D eigenvalue weighted by Crippen LogP contribution is 2.17. The van der Waals surface area contributed by atoms with Gasteiger partial charge >= 0.3 is 11.9 Å². The second kappa shape index (κ2) is 9.52. The van der Waals surface area contributed by atoms with Crippen LogP contribution in [0.25, 0.3) is 0 Å². The van der Waals surface area contributed by atoms with E-state index in [0.717, 1.165) is 6.42 Å². The molecule has 0 saturated heterocycles. The van der Waals surface area contributed by atoms with Crippen LogP contribution < -0.4 is 5.32 Å². The third kappa shape index (κ3) is 5.41. The van der Waals surface area contributed by atoms with E-state index >= 15 is 0 Å². The summed E-state index contributed by atoms with van der Waals surface area (Å²) < 4.78 is 9.41. The molecule has 0 heterocycles. The van der Waals surface area contributed by atoms with E-state index in [0.29, 0.717) is 17.8 Å². The van der Waals surface area contributed by atoms with E-state index in [4.69, 9.17) is 9.47 Å². The minimum absolute atomic E-state index is 0.0162. The van der Waals surface area contributed by atoms with Crippen LogP contribution >= 0.6 is 0 Å². The minimum atomic E-state index is -0.559. The Morgan fingerprint density at radius 1 is 0.852 bits per heavy atom. The zero-order valence-corrected chi connectivity index (χ0v) is 15.7. The first-order valence-corrected chi connectivity index (χ1v) is 8.66. The Morgan fingerprint density at radius 3 is 1.89 bits per heavy atom. The molecule has 0 unspecified atom stereocenters. The average molecular weight is 369 g/mol. The lowest BCUT2D eigenvalue weighted by atomic mass is 10.0. The second-order valence-electron chi connectivity index (χ2n) is 5.93. The molecule has 142 valence electrons. The summed E-state index contributed by atoms with van der Waals surface area (Å²) in [7, 11) is 2.53. The predicted octanol–water partition coefficient (Wildman–Crippen LogP) is 3.51. The van der Waals surface area contributed by atoms with Gasteiger partial charge in [0.05, 0.1) is 25.3 Å². The Bertz CT molecular complexity index is 793. The highest BCUT2D eigenvalue weighted by atomic mass is 16.5. The number of esters is 2. The molecular formula is C21H23NO5. The largest absolute Gasteiger partial charge is 0.465 e. The van der Waals surface area contributed by atoms with Gasteiger partial charge < -0.3 is 14.8 Å². The summed E-state index contributed by atoms with van der Waals surface area (Å²) in [6.07, 6.45) is 1.20.